The maximum Gasteiger partial charge on any atom is 0.313 e. The number of hydrogen-bond acceptors (Lipinski definition) is 4. The molecular formula is C9H7ClN4O3. The summed E-state index contributed by atoms with van der Waals surface area (Å²) in [7, 11) is 1.40. The third-order valence-electron chi connectivity index (χ3n) is 2.24. The van der Waals surface area contributed by atoms with Crippen LogP contribution in [-0.2, 0) is 7.05 Å². The first kappa shape index (κ1) is 11.3. The van der Waals surface area contributed by atoms with Crippen LogP contribution in [0.3, 0.4) is 0 Å². The Morgan fingerprint density at radius 3 is 2.76 bits per heavy atom. The average Bonchev–Trinajstić information content (AvgIpc) is 2.78. The molecule has 0 aromatic carbocycles. The minimum absolute atomic E-state index is 0.0643. The standard InChI is InChI=1S/C9H7ClN4O3/c1-12-8(13-4-2-3-11-13)7(14(16)17)5-6(10)9(12)15/h2-5H,1H3. The van der Waals surface area contributed by atoms with Gasteiger partial charge in [0.2, 0.25) is 5.82 Å². The number of pyridine rings is 1. The van der Waals surface area contributed by atoms with E-state index in [-0.39, 0.29) is 16.5 Å². The molecule has 0 N–H and O–H groups in total. The highest BCUT2D eigenvalue weighted by Gasteiger charge is 2.21. The molecule has 0 aliphatic heterocycles. The van der Waals surface area contributed by atoms with Crippen molar-refractivity contribution in [3.8, 4) is 5.82 Å². The van der Waals surface area contributed by atoms with Crippen molar-refractivity contribution in [1.29, 1.82) is 0 Å². The number of aromatic nitrogens is 3. The van der Waals surface area contributed by atoms with Gasteiger partial charge >= 0.3 is 5.69 Å². The summed E-state index contributed by atoms with van der Waals surface area (Å²) in [5.41, 5.74) is -0.788. The Kier molecular flexibility index (Phi) is 2.68. The van der Waals surface area contributed by atoms with Gasteiger partial charge in [-0.25, -0.2) is 4.68 Å². The molecule has 0 bridgehead atoms. The molecule has 8 heteroatoms. The predicted octanol–water partition coefficient (Wildman–Crippen LogP) is 1.13. The lowest BCUT2D eigenvalue weighted by Gasteiger charge is -2.08. The number of rotatable bonds is 2. The van der Waals surface area contributed by atoms with Gasteiger partial charge in [0.15, 0.2) is 0 Å². The van der Waals surface area contributed by atoms with Crippen LogP contribution in [0.25, 0.3) is 5.82 Å². The van der Waals surface area contributed by atoms with E-state index >= 15 is 0 Å². The van der Waals surface area contributed by atoms with Crippen molar-refractivity contribution < 1.29 is 4.92 Å². The Hall–Kier alpha value is -2.15. The normalized spacial score (nSPS) is 10.5. The molecule has 88 valence electrons. The van der Waals surface area contributed by atoms with E-state index in [1.165, 1.54) is 24.1 Å². The zero-order valence-electron chi connectivity index (χ0n) is 8.70. The van der Waals surface area contributed by atoms with Crippen LogP contribution in [0.4, 0.5) is 5.69 Å². The molecule has 0 saturated carbocycles. The SMILES string of the molecule is Cn1c(-n2cccn2)c([N+](=O)[O-])cc(Cl)c1=O. The number of halogens is 1. The maximum atomic E-state index is 11.6. The monoisotopic (exact) mass is 254 g/mol. The molecular weight excluding hydrogens is 248 g/mol. The number of nitro groups is 1. The third kappa shape index (κ3) is 1.80. The van der Waals surface area contributed by atoms with Crippen molar-refractivity contribution in [3.63, 3.8) is 0 Å². The maximum absolute atomic E-state index is 11.6. The molecule has 7 nitrogen and oxygen atoms in total. The third-order valence-corrected chi connectivity index (χ3v) is 2.51. The van der Waals surface area contributed by atoms with E-state index in [1.54, 1.807) is 6.07 Å². The second-order valence-corrected chi connectivity index (χ2v) is 3.68. The highest BCUT2D eigenvalue weighted by molar-refractivity contribution is 6.30. The van der Waals surface area contributed by atoms with Crippen molar-refractivity contribution in [2.45, 2.75) is 0 Å². The Morgan fingerprint density at radius 2 is 2.24 bits per heavy atom. The minimum atomic E-state index is -0.609. The Morgan fingerprint density at radius 1 is 1.53 bits per heavy atom. The summed E-state index contributed by atoms with van der Waals surface area (Å²) < 4.78 is 2.34. The van der Waals surface area contributed by atoms with Gasteiger partial charge in [-0.15, -0.1) is 0 Å². The fourth-order valence-electron chi connectivity index (χ4n) is 1.47. The number of nitrogens with zero attached hydrogens (tertiary/aromatic N) is 4. The van der Waals surface area contributed by atoms with Crippen LogP contribution in [0.1, 0.15) is 0 Å². The van der Waals surface area contributed by atoms with Crippen LogP contribution >= 0.6 is 11.6 Å². The van der Waals surface area contributed by atoms with Gasteiger partial charge in [0.05, 0.1) is 4.92 Å². The van der Waals surface area contributed by atoms with E-state index in [4.69, 9.17) is 11.6 Å². The predicted molar refractivity (Wildman–Crippen MR) is 60.5 cm³/mol. The molecule has 17 heavy (non-hydrogen) atoms. The van der Waals surface area contributed by atoms with Gasteiger partial charge in [0.1, 0.15) is 5.02 Å². The Bertz CT molecular complexity index is 632. The summed E-state index contributed by atoms with van der Waals surface area (Å²) in [5.74, 6) is 0.0643. The topological polar surface area (TPSA) is 83.0 Å². The van der Waals surface area contributed by atoms with Crippen molar-refractivity contribution in [2.75, 3.05) is 0 Å². The lowest BCUT2D eigenvalue weighted by atomic mass is 10.3. The molecule has 0 unspecified atom stereocenters. The van der Waals surface area contributed by atoms with E-state index in [9.17, 15) is 14.9 Å². The first-order valence-corrected chi connectivity index (χ1v) is 4.94. The van der Waals surface area contributed by atoms with Crippen molar-refractivity contribution in [2.24, 2.45) is 7.05 Å². The molecule has 2 rings (SSSR count). The molecule has 0 spiro atoms. The fraction of sp³-hybridized carbons (Fsp3) is 0.111. The summed E-state index contributed by atoms with van der Waals surface area (Å²) >= 11 is 5.63. The Labute approximate surface area is 100 Å². The summed E-state index contributed by atoms with van der Waals surface area (Å²) in [4.78, 5) is 21.9. The van der Waals surface area contributed by atoms with Crippen LogP contribution < -0.4 is 5.56 Å². The molecule has 0 radical (unpaired) electrons. The van der Waals surface area contributed by atoms with Crippen molar-refractivity contribution >= 4 is 17.3 Å². The van der Waals surface area contributed by atoms with Gasteiger partial charge in [0, 0.05) is 25.5 Å². The van der Waals surface area contributed by atoms with E-state index in [1.807, 2.05) is 0 Å². The summed E-state index contributed by atoms with van der Waals surface area (Å²) in [6, 6.07) is 2.63. The van der Waals surface area contributed by atoms with Crippen molar-refractivity contribution in [1.82, 2.24) is 14.3 Å². The van der Waals surface area contributed by atoms with Gasteiger partial charge in [-0.2, -0.15) is 5.10 Å². The summed E-state index contributed by atoms with van der Waals surface area (Å²) in [6.45, 7) is 0. The van der Waals surface area contributed by atoms with Gasteiger partial charge in [-0.1, -0.05) is 11.6 Å². The van der Waals surface area contributed by atoms with Crippen LogP contribution in [0.15, 0.2) is 29.3 Å². The van der Waals surface area contributed by atoms with Crippen LogP contribution in [0.2, 0.25) is 5.02 Å². The highest BCUT2D eigenvalue weighted by Crippen LogP contribution is 2.22. The second kappa shape index (κ2) is 4.02. The molecule has 0 aliphatic carbocycles. The average molecular weight is 255 g/mol. The molecule has 0 amide bonds. The lowest BCUT2D eigenvalue weighted by molar-refractivity contribution is -0.385. The zero-order chi connectivity index (χ0) is 12.6. The molecule has 2 heterocycles. The summed E-state index contributed by atoms with van der Waals surface area (Å²) in [6.07, 6.45) is 2.97. The van der Waals surface area contributed by atoms with Gasteiger partial charge in [-0.3, -0.25) is 19.5 Å². The van der Waals surface area contributed by atoms with E-state index in [0.717, 1.165) is 10.6 Å². The van der Waals surface area contributed by atoms with Gasteiger partial charge < -0.3 is 0 Å². The minimum Gasteiger partial charge on any atom is -0.289 e. The molecule has 2 aromatic heterocycles. The number of hydrogen-bond donors (Lipinski definition) is 0. The molecule has 0 aliphatic rings. The lowest BCUT2D eigenvalue weighted by Crippen LogP contribution is -2.23. The van der Waals surface area contributed by atoms with Crippen LogP contribution in [0, 0.1) is 10.1 Å². The van der Waals surface area contributed by atoms with Gasteiger partial charge in [-0.05, 0) is 6.07 Å². The van der Waals surface area contributed by atoms with E-state index in [0.29, 0.717) is 0 Å². The zero-order valence-corrected chi connectivity index (χ0v) is 9.46. The second-order valence-electron chi connectivity index (χ2n) is 3.27. The Balaban J connectivity index is 2.85. The van der Waals surface area contributed by atoms with Gasteiger partial charge in [0.25, 0.3) is 5.56 Å². The molecule has 0 saturated heterocycles. The summed E-state index contributed by atoms with van der Waals surface area (Å²) in [5, 5.41) is 14.6. The quantitative estimate of drug-likeness (QED) is 0.594. The highest BCUT2D eigenvalue weighted by atomic mass is 35.5. The molecule has 2 aromatic rings. The first-order valence-electron chi connectivity index (χ1n) is 4.56. The fourth-order valence-corrected chi connectivity index (χ4v) is 1.70. The van der Waals surface area contributed by atoms with Crippen molar-refractivity contribution in [3.05, 3.63) is 50.0 Å². The largest absolute Gasteiger partial charge is 0.313 e. The molecule has 0 fully saturated rings. The van der Waals surface area contributed by atoms with Crippen LogP contribution in [-0.4, -0.2) is 19.3 Å². The van der Waals surface area contributed by atoms with Crippen LogP contribution in [0.5, 0.6) is 0 Å². The smallest absolute Gasteiger partial charge is 0.289 e. The van der Waals surface area contributed by atoms with E-state index < -0.39 is 10.5 Å². The first-order chi connectivity index (χ1) is 8.02. The molecule has 0 atom stereocenters. The van der Waals surface area contributed by atoms with E-state index in [2.05, 4.69) is 5.10 Å².